The van der Waals surface area contributed by atoms with Crippen LogP contribution >= 0.6 is 12.2 Å². The highest BCUT2D eigenvalue weighted by Crippen LogP contribution is 2.01. The summed E-state index contributed by atoms with van der Waals surface area (Å²) in [6.07, 6.45) is 1.13. The van der Waals surface area contributed by atoms with Crippen LogP contribution in [0.3, 0.4) is 0 Å². The van der Waals surface area contributed by atoms with E-state index in [0.717, 1.165) is 6.26 Å². The van der Waals surface area contributed by atoms with Crippen LogP contribution in [0.15, 0.2) is 0 Å². The Balaban J connectivity index is 4.12. The van der Waals surface area contributed by atoms with Gasteiger partial charge in [0.1, 0.15) is 0 Å². The summed E-state index contributed by atoms with van der Waals surface area (Å²) in [7, 11) is -1.62. The third-order valence-electron chi connectivity index (χ3n) is 1.95. The molecule has 0 aromatic rings. The van der Waals surface area contributed by atoms with Crippen molar-refractivity contribution in [3.8, 4) is 0 Å². The molecule has 8 heteroatoms. The first-order chi connectivity index (χ1) is 8.06. The fraction of sp³-hybridized carbons (Fsp3) is 0.900. The lowest BCUT2D eigenvalue weighted by Gasteiger charge is -2.26. The molecule has 0 bridgehead atoms. The predicted molar refractivity (Wildman–Crippen MR) is 77.1 cm³/mol. The second-order valence-corrected chi connectivity index (χ2v) is 7.10. The summed E-state index contributed by atoms with van der Waals surface area (Å²) in [4.78, 5) is 0. The Labute approximate surface area is 115 Å². The number of thiocarbonyl (C=S) groups is 1. The van der Waals surface area contributed by atoms with Crippen LogP contribution in [-0.2, 0) is 14.8 Å². The molecule has 0 amide bonds. The van der Waals surface area contributed by atoms with E-state index < -0.39 is 15.6 Å². The van der Waals surface area contributed by atoms with Gasteiger partial charge in [0.05, 0.1) is 12.9 Å². The van der Waals surface area contributed by atoms with Gasteiger partial charge < -0.3 is 15.4 Å². The number of methoxy groups -OCH3 is 1. The largest absolute Gasteiger partial charge is 0.383 e. The monoisotopic (exact) mass is 297 g/mol. The Morgan fingerprint density at radius 1 is 1.44 bits per heavy atom. The number of rotatable bonds is 7. The Bertz CT molecular complexity index is 369. The Morgan fingerprint density at radius 2 is 2.00 bits per heavy atom. The molecule has 0 aliphatic rings. The van der Waals surface area contributed by atoms with Gasteiger partial charge in [-0.15, -0.1) is 0 Å². The Hall–Kier alpha value is -0.440. The summed E-state index contributed by atoms with van der Waals surface area (Å²) >= 11 is 5.10. The van der Waals surface area contributed by atoms with Crippen molar-refractivity contribution in [2.45, 2.75) is 32.4 Å². The van der Waals surface area contributed by atoms with Crippen LogP contribution in [0.2, 0.25) is 0 Å². The van der Waals surface area contributed by atoms with Crippen molar-refractivity contribution < 1.29 is 13.2 Å². The molecule has 0 spiro atoms. The first-order valence-corrected chi connectivity index (χ1v) is 7.88. The molecule has 0 aliphatic heterocycles. The van der Waals surface area contributed by atoms with Crippen LogP contribution in [0.4, 0.5) is 0 Å². The zero-order chi connectivity index (χ0) is 14.4. The van der Waals surface area contributed by atoms with Crippen molar-refractivity contribution in [3.05, 3.63) is 0 Å². The SMILES string of the molecule is COCC(C)NC(=S)NCC(C)(C)NS(C)(=O)=O. The van der Waals surface area contributed by atoms with Crippen molar-refractivity contribution in [1.82, 2.24) is 15.4 Å². The molecule has 18 heavy (non-hydrogen) atoms. The average molecular weight is 297 g/mol. The Kier molecular flexibility index (Phi) is 7.05. The zero-order valence-electron chi connectivity index (χ0n) is 11.5. The maximum absolute atomic E-state index is 11.2. The molecule has 1 unspecified atom stereocenters. The molecule has 0 aromatic heterocycles. The van der Waals surface area contributed by atoms with Gasteiger partial charge in [0.2, 0.25) is 10.0 Å². The van der Waals surface area contributed by atoms with Gasteiger partial charge >= 0.3 is 0 Å². The highest BCUT2D eigenvalue weighted by Gasteiger charge is 2.22. The third-order valence-corrected chi connectivity index (χ3v) is 3.13. The van der Waals surface area contributed by atoms with E-state index in [4.69, 9.17) is 17.0 Å². The first kappa shape index (κ1) is 17.6. The summed E-state index contributed by atoms with van der Waals surface area (Å²) in [6, 6.07) is 0.0981. The lowest BCUT2D eigenvalue weighted by atomic mass is 10.1. The number of ether oxygens (including phenoxy) is 1. The second-order valence-electron chi connectivity index (χ2n) is 4.94. The molecule has 0 aromatic carbocycles. The van der Waals surface area contributed by atoms with E-state index >= 15 is 0 Å². The summed E-state index contributed by atoms with van der Waals surface area (Å²) in [6.45, 7) is 6.44. The molecule has 0 radical (unpaired) electrons. The summed E-state index contributed by atoms with van der Waals surface area (Å²) in [5.74, 6) is 0. The van der Waals surface area contributed by atoms with Crippen molar-refractivity contribution in [1.29, 1.82) is 0 Å². The molecule has 0 saturated heterocycles. The van der Waals surface area contributed by atoms with Crippen LogP contribution in [0.1, 0.15) is 20.8 Å². The van der Waals surface area contributed by atoms with Gasteiger partial charge in [0, 0.05) is 25.2 Å². The molecule has 0 fully saturated rings. The molecule has 1 atom stereocenters. The summed E-state index contributed by atoms with van der Waals surface area (Å²) < 4.78 is 29.8. The molecular formula is C10H23N3O3S2. The fourth-order valence-electron chi connectivity index (χ4n) is 1.41. The van der Waals surface area contributed by atoms with Crippen molar-refractivity contribution >= 4 is 27.4 Å². The molecule has 6 nitrogen and oxygen atoms in total. The van der Waals surface area contributed by atoms with E-state index in [1.807, 2.05) is 6.92 Å². The molecule has 0 aliphatic carbocycles. The number of hydrogen-bond acceptors (Lipinski definition) is 4. The predicted octanol–water partition coefficient (Wildman–Crippen LogP) is -0.187. The highest BCUT2D eigenvalue weighted by atomic mass is 32.2. The standard InChI is InChI=1S/C10H23N3O3S2/c1-8(6-16-4)12-9(17)11-7-10(2,3)13-18(5,14)15/h8,13H,6-7H2,1-5H3,(H2,11,12,17). The van der Waals surface area contributed by atoms with Crippen LogP contribution in [0, 0.1) is 0 Å². The van der Waals surface area contributed by atoms with Gasteiger partial charge in [-0.1, -0.05) is 0 Å². The zero-order valence-corrected chi connectivity index (χ0v) is 13.2. The minimum atomic E-state index is -3.24. The van der Waals surface area contributed by atoms with Crippen LogP contribution in [-0.4, -0.2) is 51.6 Å². The average Bonchev–Trinajstić information content (AvgIpc) is 2.11. The van der Waals surface area contributed by atoms with E-state index in [0.29, 0.717) is 18.3 Å². The highest BCUT2D eigenvalue weighted by molar-refractivity contribution is 7.88. The molecule has 108 valence electrons. The van der Waals surface area contributed by atoms with Gasteiger partial charge in [0.25, 0.3) is 0 Å². The second kappa shape index (κ2) is 7.22. The summed E-state index contributed by atoms with van der Waals surface area (Å²) in [5.41, 5.74) is -0.607. The fourth-order valence-corrected chi connectivity index (χ4v) is 2.76. The minimum Gasteiger partial charge on any atom is -0.383 e. The van der Waals surface area contributed by atoms with Gasteiger partial charge in [0.15, 0.2) is 5.11 Å². The van der Waals surface area contributed by atoms with Gasteiger partial charge in [-0.05, 0) is 33.0 Å². The Morgan fingerprint density at radius 3 is 2.44 bits per heavy atom. The van der Waals surface area contributed by atoms with Crippen molar-refractivity contribution in [2.75, 3.05) is 26.5 Å². The van der Waals surface area contributed by atoms with Gasteiger partial charge in [-0.3, -0.25) is 0 Å². The smallest absolute Gasteiger partial charge is 0.209 e. The third kappa shape index (κ3) is 9.58. The quantitative estimate of drug-likeness (QED) is 0.566. The van der Waals surface area contributed by atoms with Crippen LogP contribution in [0.25, 0.3) is 0 Å². The maximum Gasteiger partial charge on any atom is 0.209 e. The molecular weight excluding hydrogens is 274 g/mol. The topological polar surface area (TPSA) is 79.5 Å². The normalized spacial score (nSPS) is 14.1. The molecule has 0 saturated carbocycles. The van der Waals surface area contributed by atoms with E-state index in [1.54, 1.807) is 21.0 Å². The maximum atomic E-state index is 11.2. The minimum absolute atomic E-state index is 0.0981. The molecule has 3 N–H and O–H groups in total. The van der Waals surface area contributed by atoms with E-state index in [9.17, 15) is 8.42 Å². The summed E-state index contributed by atoms with van der Waals surface area (Å²) in [5, 5.41) is 6.48. The van der Waals surface area contributed by atoms with E-state index in [1.165, 1.54) is 0 Å². The van der Waals surface area contributed by atoms with Crippen molar-refractivity contribution in [3.63, 3.8) is 0 Å². The van der Waals surface area contributed by atoms with Crippen LogP contribution in [0.5, 0.6) is 0 Å². The number of hydrogen-bond donors (Lipinski definition) is 3. The number of nitrogens with one attached hydrogen (secondary N) is 3. The first-order valence-electron chi connectivity index (χ1n) is 5.58. The lowest BCUT2D eigenvalue weighted by molar-refractivity contribution is 0.179. The number of sulfonamides is 1. The van der Waals surface area contributed by atoms with Crippen molar-refractivity contribution in [2.24, 2.45) is 0 Å². The lowest BCUT2D eigenvalue weighted by Crippen LogP contribution is -2.53. The molecule has 0 rings (SSSR count). The van der Waals surface area contributed by atoms with Gasteiger partial charge in [-0.25, -0.2) is 13.1 Å². The van der Waals surface area contributed by atoms with E-state index in [2.05, 4.69) is 15.4 Å². The molecule has 0 heterocycles. The van der Waals surface area contributed by atoms with Crippen LogP contribution < -0.4 is 15.4 Å². The van der Waals surface area contributed by atoms with Gasteiger partial charge in [-0.2, -0.15) is 0 Å². The van der Waals surface area contributed by atoms with E-state index in [-0.39, 0.29) is 6.04 Å².